The maximum Gasteiger partial charge on any atom is 0.508 e. The van der Waals surface area contributed by atoms with E-state index < -0.39 is 36.5 Å². The van der Waals surface area contributed by atoms with Gasteiger partial charge >= 0.3 is 24.2 Å². The van der Waals surface area contributed by atoms with Crippen LogP contribution in [0.3, 0.4) is 0 Å². The van der Waals surface area contributed by atoms with Crippen molar-refractivity contribution in [3.63, 3.8) is 0 Å². The highest BCUT2D eigenvalue weighted by Gasteiger charge is 2.27. The molecule has 0 aromatic heterocycles. The molecule has 2 rings (SSSR count). The van der Waals surface area contributed by atoms with Gasteiger partial charge in [-0.25, -0.2) is 9.59 Å². The summed E-state index contributed by atoms with van der Waals surface area (Å²) in [4.78, 5) is 44.0. The summed E-state index contributed by atoms with van der Waals surface area (Å²) in [6, 6.07) is 0. The molecule has 2 aliphatic heterocycles. The van der Waals surface area contributed by atoms with Crippen LogP contribution in [-0.2, 0) is 38.0 Å². The molecule has 0 aromatic rings. The molecule has 10 heteroatoms. The topological polar surface area (TPSA) is 124 Å². The van der Waals surface area contributed by atoms with Crippen LogP contribution in [0.1, 0.15) is 12.8 Å². The molecule has 0 amide bonds. The molecule has 10 nitrogen and oxygen atoms in total. The molecule has 22 heavy (non-hydrogen) atoms. The van der Waals surface area contributed by atoms with Crippen molar-refractivity contribution >= 4 is 24.2 Å². The second-order valence-corrected chi connectivity index (χ2v) is 4.47. The Morgan fingerprint density at radius 3 is 1.59 bits per heavy atom. The number of hydrogen-bond donors (Lipinski definition) is 0. The molecule has 2 aliphatic rings. The van der Waals surface area contributed by atoms with Gasteiger partial charge in [0.05, 0.1) is 12.8 Å². The number of carbonyl (C=O) groups excluding carboxylic acids is 4. The Balaban J connectivity index is 1.52. The van der Waals surface area contributed by atoms with Gasteiger partial charge in [0, 0.05) is 0 Å². The van der Waals surface area contributed by atoms with Gasteiger partial charge in [0.1, 0.15) is 26.4 Å². The van der Waals surface area contributed by atoms with Crippen molar-refractivity contribution in [2.24, 2.45) is 0 Å². The maximum absolute atomic E-state index is 11.4. The number of esters is 2. The van der Waals surface area contributed by atoms with E-state index in [0.717, 1.165) is 0 Å². The number of cyclic esters (lactones) is 4. The van der Waals surface area contributed by atoms with E-state index in [4.69, 9.17) is 9.47 Å². The van der Waals surface area contributed by atoms with E-state index in [2.05, 4.69) is 18.9 Å². The first-order valence-electron chi connectivity index (χ1n) is 6.51. The summed E-state index contributed by atoms with van der Waals surface area (Å²) in [7, 11) is 0. The van der Waals surface area contributed by atoms with E-state index in [0.29, 0.717) is 0 Å². The standard InChI is InChI=1S/C12H14O10/c13-9(17-3-7-5-19-11(15)21-7)1-2-10(14)18-4-8-6-20-12(16)22-8/h7-8H,1-6H2. The van der Waals surface area contributed by atoms with Crippen LogP contribution in [0, 0.1) is 0 Å². The van der Waals surface area contributed by atoms with Gasteiger partial charge in [0.15, 0.2) is 12.2 Å². The summed E-state index contributed by atoms with van der Waals surface area (Å²) < 4.78 is 28.0. The Hall–Kier alpha value is -2.52. The quantitative estimate of drug-likeness (QED) is 0.465. The summed E-state index contributed by atoms with van der Waals surface area (Å²) in [5.74, 6) is -1.26. The van der Waals surface area contributed by atoms with Gasteiger partial charge in [-0.1, -0.05) is 0 Å². The van der Waals surface area contributed by atoms with Gasteiger partial charge in [-0.3, -0.25) is 9.59 Å². The number of ether oxygens (including phenoxy) is 6. The van der Waals surface area contributed by atoms with E-state index in [1.807, 2.05) is 0 Å². The Labute approximate surface area is 124 Å². The molecule has 2 heterocycles. The van der Waals surface area contributed by atoms with Crippen LogP contribution >= 0.6 is 0 Å². The Morgan fingerprint density at radius 1 is 0.864 bits per heavy atom. The summed E-state index contributed by atoms with van der Waals surface area (Å²) in [5, 5.41) is 0. The van der Waals surface area contributed by atoms with E-state index in [1.165, 1.54) is 0 Å². The van der Waals surface area contributed by atoms with Gasteiger partial charge in [-0.05, 0) is 0 Å². The highest BCUT2D eigenvalue weighted by molar-refractivity contribution is 5.77. The van der Waals surface area contributed by atoms with Crippen LogP contribution in [-0.4, -0.2) is 62.9 Å². The Morgan fingerprint density at radius 2 is 1.27 bits per heavy atom. The summed E-state index contributed by atoms with van der Waals surface area (Å²) in [5.41, 5.74) is 0. The minimum absolute atomic E-state index is 0.0241. The third-order valence-electron chi connectivity index (χ3n) is 2.69. The zero-order chi connectivity index (χ0) is 15.9. The number of rotatable bonds is 7. The fourth-order valence-corrected chi connectivity index (χ4v) is 1.61. The van der Waals surface area contributed by atoms with Crippen LogP contribution in [0.2, 0.25) is 0 Å². The van der Waals surface area contributed by atoms with Crippen molar-refractivity contribution in [3.05, 3.63) is 0 Å². The molecule has 0 bridgehead atoms. The molecule has 0 spiro atoms. The largest absolute Gasteiger partial charge is 0.508 e. The third kappa shape index (κ3) is 5.11. The fourth-order valence-electron chi connectivity index (χ4n) is 1.61. The zero-order valence-corrected chi connectivity index (χ0v) is 11.5. The van der Waals surface area contributed by atoms with Crippen LogP contribution in [0.15, 0.2) is 0 Å². The Bertz CT molecular complexity index is 417. The van der Waals surface area contributed by atoms with Crippen molar-refractivity contribution in [2.75, 3.05) is 26.4 Å². The molecule has 0 aliphatic carbocycles. The molecule has 122 valence electrons. The number of carbonyl (C=O) groups is 4. The lowest BCUT2D eigenvalue weighted by molar-refractivity contribution is -0.152. The SMILES string of the molecule is O=C(CCC(=O)OCC1COC(=O)O1)OCC1COC(=O)O1. The van der Waals surface area contributed by atoms with E-state index in [-0.39, 0.29) is 39.3 Å². The smallest absolute Gasteiger partial charge is 0.462 e. The lowest BCUT2D eigenvalue weighted by atomic mass is 10.3. The highest BCUT2D eigenvalue weighted by atomic mass is 16.8. The molecule has 0 aromatic carbocycles. The van der Waals surface area contributed by atoms with Crippen LogP contribution < -0.4 is 0 Å². The van der Waals surface area contributed by atoms with Gasteiger partial charge in [0.25, 0.3) is 0 Å². The van der Waals surface area contributed by atoms with Crippen molar-refractivity contribution in [1.29, 1.82) is 0 Å². The van der Waals surface area contributed by atoms with Crippen molar-refractivity contribution in [1.82, 2.24) is 0 Å². The predicted molar refractivity (Wildman–Crippen MR) is 63.6 cm³/mol. The second kappa shape index (κ2) is 7.48. The van der Waals surface area contributed by atoms with Crippen molar-refractivity contribution in [2.45, 2.75) is 25.0 Å². The lowest BCUT2D eigenvalue weighted by Crippen LogP contribution is -2.22. The van der Waals surface area contributed by atoms with Gasteiger partial charge < -0.3 is 28.4 Å². The number of hydrogen-bond acceptors (Lipinski definition) is 10. The monoisotopic (exact) mass is 318 g/mol. The third-order valence-corrected chi connectivity index (χ3v) is 2.69. The predicted octanol–water partition coefficient (Wildman–Crippen LogP) is -0.0762. The van der Waals surface area contributed by atoms with Gasteiger partial charge in [-0.2, -0.15) is 0 Å². The maximum atomic E-state index is 11.4. The molecule has 0 radical (unpaired) electrons. The minimum atomic E-state index is -0.804. The van der Waals surface area contributed by atoms with Crippen molar-refractivity contribution < 1.29 is 47.6 Å². The first kappa shape index (κ1) is 15.9. The van der Waals surface area contributed by atoms with Crippen molar-refractivity contribution in [3.8, 4) is 0 Å². The summed E-state index contributed by atoms with van der Waals surface area (Å²) in [6.07, 6.45) is -3.22. The molecule has 2 unspecified atom stereocenters. The highest BCUT2D eigenvalue weighted by Crippen LogP contribution is 2.08. The average Bonchev–Trinajstić information content (AvgIpc) is 3.09. The average molecular weight is 318 g/mol. The second-order valence-electron chi connectivity index (χ2n) is 4.47. The van der Waals surface area contributed by atoms with Gasteiger partial charge in [-0.15, -0.1) is 0 Å². The normalized spacial score (nSPS) is 23.1. The molecule has 0 N–H and O–H groups in total. The fraction of sp³-hybridized carbons (Fsp3) is 0.667. The van der Waals surface area contributed by atoms with Crippen LogP contribution in [0.5, 0.6) is 0 Å². The van der Waals surface area contributed by atoms with E-state index in [9.17, 15) is 19.2 Å². The summed E-state index contributed by atoms with van der Waals surface area (Å²) >= 11 is 0. The first-order chi connectivity index (χ1) is 10.5. The van der Waals surface area contributed by atoms with Crippen LogP contribution in [0.25, 0.3) is 0 Å². The van der Waals surface area contributed by atoms with Crippen LogP contribution in [0.4, 0.5) is 9.59 Å². The van der Waals surface area contributed by atoms with Gasteiger partial charge in [0.2, 0.25) is 0 Å². The summed E-state index contributed by atoms with van der Waals surface area (Å²) in [6.45, 7) is -0.212. The van der Waals surface area contributed by atoms with E-state index in [1.54, 1.807) is 0 Å². The molecule has 2 fully saturated rings. The minimum Gasteiger partial charge on any atom is -0.462 e. The molecule has 2 atom stereocenters. The molecule has 2 saturated heterocycles. The molecular formula is C12H14O10. The van der Waals surface area contributed by atoms with E-state index >= 15 is 0 Å². The lowest BCUT2D eigenvalue weighted by Gasteiger charge is -2.09. The Kier molecular flexibility index (Phi) is 5.39. The first-order valence-corrected chi connectivity index (χ1v) is 6.51. The molecular weight excluding hydrogens is 304 g/mol. The molecule has 0 saturated carbocycles. The zero-order valence-electron chi connectivity index (χ0n) is 11.5.